The van der Waals surface area contributed by atoms with Crippen molar-refractivity contribution in [2.75, 3.05) is 44.7 Å². The molecule has 0 saturated carbocycles. The van der Waals surface area contributed by atoms with Gasteiger partial charge in [0, 0.05) is 38.1 Å². The summed E-state index contributed by atoms with van der Waals surface area (Å²) in [6.45, 7) is 7.52. The molecule has 7 nitrogen and oxygen atoms in total. The average Bonchev–Trinajstić information content (AvgIpc) is 2.83. The fourth-order valence-corrected chi connectivity index (χ4v) is 4.45. The Hall–Kier alpha value is -1.19. The zero-order chi connectivity index (χ0) is 16.9. The number of nitrogens with one attached hydrogen (secondary N) is 2. The molecule has 2 heterocycles. The molecule has 0 unspecified atom stereocenters. The van der Waals surface area contributed by atoms with Crippen LogP contribution in [0.15, 0.2) is 4.99 Å². The SMILES string of the molecule is CN=C(NCCN1CCS(=O)(=O)CC1)NCc1nc(C)c(C)s1. The van der Waals surface area contributed by atoms with Crippen LogP contribution >= 0.6 is 11.3 Å². The lowest BCUT2D eigenvalue weighted by atomic mass is 10.4. The molecule has 2 rings (SSSR count). The first kappa shape index (κ1) is 18.2. The van der Waals surface area contributed by atoms with E-state index in [1.165, 1.54) is 4.88 Å². The molecule has 0 bridgehead atoms. The van der Waals surface area contributed by atoms with Gasteiger partial charge in [-0.2, -0.15) is 0 Å². The Kier molecular flexibility index (Phi) is 6.37. The highest BCUT2D eigenvalue weighted by Crippen LogP contribution is 2.15. The van der Waals surface area contributed by atoms with Crippen LogP contribution in [0.1, 0.15) is 15.6 Å². The number of thiazole rings is 1. The van der Waals surface area contributed by atoms with Gasteiger partial charge in [-0.15, -0.1) is 11.3 Å². The van der Waals surface area contributed by atoms with E-state index in [0.717, 1.165) is 29.8 Å². The third kappa shape index (κ3) is 5.74. The first-order valence-corrected chi connectivity index (χ1v) is 10.3. The van der Waals surface area contributed by atoms with Crippen molar-refractivity contribution in [3.63, 3.8) is 0 Å². The van der Waals surface area contributed by atoms with Crippen LogP contribution in [0, 0.1) is 13.8 Å². The maximum absolute atomic E-state index is 11.4. The molecule has 0 aromatic carbocycles. The summed E-state index contributed by atoms with van der Waals surface area (Å²) in [5, 5.41) is 7.55. The maximum atomic E-state index is 11.4. The van der Waals surface area contributed by atoms with Gasteiger partial charge in [-0.1, -0.05) is 0 Å². The molecule has 0 spiro atoms. The Bertz CT molecular complexity index is 621. The topological polar surface area (TPSA) is 86.7 Å². The Morgan fingerprint density at radius 2 is 2.00 bits per heavy atom. The quantitative estimate of drug-likeness (QED) is 0.575. The number of rotatable bonds is 5. The van der Waals surface area contributed by atoms with E-state index in [1.807, 2.05) is 6.92 Å². The van der Waals surface area contributed by atoms with Crippen molar-refractivity contribution in [2.45, 2.75) is 20.4 Å². The second-order valence-corrected chi connectivity index (χ2v) is 9.19. The average molecular weight is 360 g/mol. The monoisotopic (exact) mass is 359 g/mol. The van der Waals surface area contributed by atoms with E-state index in [9.17, 15) is 8.42 Å². The van der Waals surface area contributed by atoms with Crippen LogP contribution in [-0.4, -0.2) is 69.0 Å². The molecule has 1 aromatic heterocycles. The second kappa shape index (κ2) is 8.07. The number of aliphatic imine (C=N–C) groups is 1. The summed E-state index contributed by atoms with van der Waals surface area (Å²) in [5.41, 5.74) is 1.08. The highest BCUT2D eigenvalue weighted by Gasteiger charge is 2.20. The van der Waals surface area contributed by atoms with E-state index in [0.29, 0.717) is 19.6 Å². The number of aryl methyl sites for hydroxylation is 2. The maximum Gasteiger partial charge on any atom is 0.191 e. The van der Waals surface area contributed by atoms with E-state index < -0.39 is 9.84 Å². The van der Waals surface area contributed by atoms with Crippen LogP contribution in [0.3, 0.4) is 0 Å². The van der Waals surface area contributed by atoms with Crippen molar-refractivity contribution in [3.8, 4) is 0 Å². The zero-order valence-corrected chi connectivity index (χ0v) is 15.6. The molecule has 130 valence electrons. The van der Waals surface area contributed by atoms with Crippen molar-refractivity contribution in [2.24, 2.45) is 4.99 Å². The Labute approximate surface area is 142 Å². The van der Waals surface area contributed by atoms with Crippen LogP contribution in [0.5, 0.6) is 0 Å². The normalized spacial score (nSPS) is 18.8. The van der Waals surface area contributed by atoms with Gasteiger partial charge < -0.3 is 10.6 Å². The van der Waals surface area contributed by atoms with Crippen molar-refractivity contribution in [3.05, 3.63) is 15.6 Å². The molecule has 0 amide bonds. The molecule has 0 radical (unpaired) electrons. The summed E-state index contributed by atoms with van der Waals surface area (Å²) in [6.07, 6.45) is 0. The molecule has 1 fully saturated rings. The number of hydrogen-bond acceptors (Lipinski definition) is 6. The fourth-order valence-electron chi connectivity index (χ4n) is 2.30. The minimum absolute atomic E-state index is 0.267. The molecule has 23 heavy (non-hydrogen) atoms. The highest BCUT2D eigenvalue weighted by atomic mass is 32.2. The van der Waals surface area contributed by atoms with E-state index in [1.54, 1.807) is 18.4 Å². The minimum atomic E-state index is -2.81. The number of nitrogens with zero attached hydrogens (tertiary/aromatic N) is 3. The third-order valence-corrected chi connectivity index (χ3v) is 6.54. The van der Waals surface area contributed by atoms with Crippen molar-refractivity contribution in [1.82, 2.24) is 20.5 Å². The van der Waals surface area contributed by atoms with Crippen LogP contribution in [-0.2, 0) is 16.4 Å². The Balaban J connectivity index is 1.69. The van der Waals surface area contributed by atoms with Gasteiger partial charge in [0.15, 0.2) is 15.8 Å². The van der Waals surface area contributed by atoms with E-state index in [4.69, 9.17) is 0 Å². The molecule has 0 atom stereocenters. The molecule has 9 heteroatoms. The summed E-state index contributed by atoms with van der Waals surface area (Å²) >= 11 is 1.69. The molecule has 2 N–H and O–H groups in total. The van der Waals surface area contributed by atoms with Crippen molar-refractivity contribution < 1.29 is 8.42 Å². The molecule has 1 aromatic rings. The smallest absolute Gasteiger partial charge is 0.191 e. The van der Waals surface area contributed by atoms with Crippen LogP contribution in [0.25, 0.3) is 0 Å². The van der Waals surface area contributed by atoms with Gasteiger partial charge in [-0.05, 0) is 13.8 Å². The summed E-state index contributed by atoms with van der Waals surface area (Å²) < 4.78 is 22.8. The first-order chi connectivity index (χ1) is 10.9. The van der Waals surface area contributed by atoms with E-state index >= 15 is 0 Å². The van der Waals surface area contributed by atoms with Crippen LogP contribution in [0.4, 0.5) is 0 Å². The Morgan fingerprint density at radius 1 is 1.30 bits per heavy atom. The van der Waals surface area contributed by atoms with Crippen LogP contribution in [0.2, 0.25) is 0 Å². The standard InChI is InChI=1S/C14H25N5O2S2/c1-11-12(2)22-13(18-11)10-17-14(15-3)16-4-5-19-6-8-23(20,21)9-7-19/h4-10H2,1-3H3,(H2,15,16,17). The third-order valence-electron chi connectivity index (χ3n) is 3.86. The molecular weight excluding hydrogens is 334 g/mol. The van der Waals surface area contributed by atoms with Crippen molar-refractivity contribution >= 4 is 27.1 Å². The van der Waals surface area contributed by atoms with Gasteiger partial charge in [0.05, 0.1) is 23.7 Å². The van der Waals surface area contributed by atoms with Gasteiger partial charge in [-0.3, -0.25) is 9.89 Å². The molecule has 1 saturated heterocycles. The highest BCUT2D eigenvalue weighted by molar-refractivity contribution is 7.91. The minimum Gasteiger partial charge on any atom is -0.355 e. The first-order valence-electron chi connectivity index (χ1n) is 7.70. The van der Waals surface area contributed by atoms with E-state index in [2.05, 4.69) is 32.4 Å². The number of guanidine groups is 1. The second-order valence-electron chi connectivity index (χ2n) is 5.60. The Morgan fingerprint density at radius 3 is 2.57 bits per heavy atom. The predicted octanol–water partition coefficient (Wildman–Crippen LogP) is 0.155. The predicted molar refractivity (Wildman–Crippen MR) is 94.9 cm³/mol. The number of hydrogen-bond donors (Lipinski definition) is 2. The van der Waals surface area contributed by atoms with Gasteiger partial charge in [0.1, 0.15) is 5.01 Å². The van der Waals surface area contributed by atoms with Gasteiger partial charge in [0.25, 0.3) is 0 Å². The van der Waals surface area contributed by atoms with Crippen LogP contribution < -0.4 is 10.6 Å². The van der Waals surface area contributed by atoms with E-state index in [-0.39, 0.29) is 11.5 Å². The van der Waals surface area contributed by atoms with Crippen molar-refractivity contribution in [1.29, 1.82) is 0 Å². The summed E-state index contributed by atoms with van der Waals surface area (Å²) in [4.78, 5) is 12.1. The largest absolute Gasteiger partial charge is 0.355 e. The lowest BCUT2D eigenvalue weighted by molar-refractivity contribution is 0.299. The van der Waals surface area contributed by atoms with Gasteiger partial charge in [0.2, 0.25) is 0 Å². The summed E-state index contributed by atoms with van der Waals surface area (Å²) in [7, 11) is -1.07. The summed E-state index contributed by atoms with van der Waals surface area (Å²) in [5.74, 6) is 1.27. The van der Waals surface area contributed by atoms with Gasteiger partial charge in [-0.25, -0.2) is 13.4 Å². The van der Waals surface area contributed by atoms with Gasteiger partial charge >= 0.3 is 0 Å². The molecular formula is C14H25N5O2S2. The number of aromatic nitrogens is 1. The summed E-state index contributed by atoms with van der Waals surface area (Å²) in [6, 6.07) is 0. The molecule has 1 aliphatic rings. The molecule has 0 aliphatic carbocycles. The zero-order valence-electron chi connectivity index (χ0n) is 13.9. The lowest BCUT2D eigenvalue weighted by Gasteiger charge is -2.26. The lowest BCUT2D eigenvalue weighted by Crippen LogP contribution is -2.45. The fraction of sp³-hybridized carbons (Fsp3) is 0.714. The number of sulfone groups is 1. The molecule has 1 aliphatic heterocycles.